The van der Waals surface area contributed by atoms with Crippen LogP contribution in [0.5, 0.6) is 11.5 Å². The Kier molecular flexibility index (Phi) is 8.40. The third-order valence-electron chi connectivity index (χ3n) is 11.7. The van der Waals surface area contributed by atoms with Crippen molar-refractivity contribution in [3.8, 4) is 22.6 Å². The maximum atomic E-state index is 14.7. The molecule has 9 rings (SSSR count). The van der Waals surface area contributed by atoms with Crippen molar-refractivity contribution in [2.75, 3.05) is 0 Å². The molecule has 7 aromatic carbocycles. The molecule has 1 aliphatic carbocycles. The van der Waals surface area contributed by atoms with E-state index in [1.807, 2.05) is 24.3 Å². The number of rotatable bonds is 6. The van der Waals surface area contributed by atoms with Crippen LogP contribution >= 0.6 is 7.82 Å². The fourth-order valence-corrected chi connectivity index (χ4v) is 17.5. The minimum absolute atomic E-state index is 0.461. The Hall–Kier alpha value is -4.98. The largest absolute Gasteiger partial charge is 0.584 e. The Bertz CT molecular complexity index is 2450. The Morgan fingerprint density at radius 3 is 1.45 bits per heavy atom. The Balaban J connectivity index is 1.47. The van der Waals surface area contributed by atoms with Crippen LogP contribution in [0.3, 0.4) is 0 Å². The van der Waals surface area contributed by atoms with Crippen molar-refractivity contribution in [3.05, 3.63) is 169 Å². The highest BCUT2D eigenvalue weighted by Crippen LogP contribution is 2.56. The molecule has 0 saturated heterocycles. The molecule has 1 N–H and O–H groups in total. The highest BCUT2D eigenvalue weighted by atomic mass is 31.2. The fraction of sp³-hybridized carbons (Fsp3) is 0.130. The van der Waals surface area contributed by atoms with Crippen LogP contribution in [-0.2, 0) is 17.4 Å². The lowest BCUT2D eigenvalue weighted by atomic mass is 9.83. The number of hydrogen-bond donors (Lipinski definition) is 1. The van der Waals surface area contributed by atoms with Gasteiger partial charge in [0.05, 0.1) is 0 Å². The van der Waals surface area contributed by atoms with Gasteiger partial charge >= 0.3 is 7.82 Å². The molecule has 0 fully saturated rings. The van der Waals surface area contributed by atoms with Gasteiger partial charge in [0.15, 0.2) is 0 Å². The van der Waals surface area contributed by atoms with Crippen LogP contribution in [-0.4, -0.2) is 21.0 Å². The van der Waals surface area contributed by atoms with Crippen molar-refractivity contribution in [1.29, 1.82) is 0 Å². The van der Waals surface area contributed by atoms with Gasteiger partial charge in [-0.15, -0.1) is 0 Å². The molecule has 7 heteroatoms. The number of benzene rings is 7. The van der Waals surface area contributed by atoms with Crippen molar-refractivity contribution < 1.29 is 18.5 Å². The lowest BCUT2D eigenvalue weighted by molar-refractivity contribution is 0.296. The minimum atomic E-state index is -4.72. The topological polar surface area (TPSA) is 55.8 Å². The minimum Gasteiger partial charge on any atom is -0.395 e. The van der Waals surface area contributed by atoms with E-state index in [0.29, 0.717) is 11.5 Å². The lowest BCUT2D eigenvalue weighted by Gasteiger charge is -2.34. The normalized spacial score (nSPS) is 16.7. The average Bonchev–Trinajstić information content (AvgIpc) is 3.34. The monoisotopic (exact) mass is 744 g/mol. The molecule has 0 radical (unpaired) electrons. The van der Waals surface area contributed by atoms with E-state index in [-0.39, 0.29) is 0 Å². The molecule has 1 aliphatic heterocycles. The van der Waals surface area contributed by atoms with Gasteiger partial charge in [0, 0.05) is 11.1 Å². The number of aryl methyl sites for hydroxylation is 1. The molecule has 4 nitrogen and oxygen atoms in total. The summed E-state index contributed by atoms with van der Waals surface area (Å²) < 4.78 is 27.9. The zero-order valence-corrected chi connectivity index (χ0v) is 32.9. The second kappa shape index (κ2) is 13.2. The van der Waals surface area contributed by atoms with Crippen LogP contribution < -0.4 is 40.2 Å². The molecule has 7 aromatic rings. The summed E-state index contributed by atoms with van der Waals surface area (Å²) in [6.07, 6.45) is 3.93. The molecule has 1 unspecified atom stereocenters. The van der Waals surface area contributed by atoms with Crippen LogP contribution in [0.4, 0.5) is 0 Å². The molecule has 53 heavy (non-hydrogen) atoms. The maximum Gasteiger partial charge on any atom is 0.584 e. The predicted molar refractivity (Wildman–Crippen MR) is 224 cm³/mol. The van der Waals surface area contributed by atoms with E-state index in [4.69, 9.17) is 9.05 Å². The molecule has 2 aliphatic rings. The van der Waals surface area contributed by atoms with Crippen LogP contribution in [0, 0.1) is 0 Å². The summed E-state index contributed by atoms with van der Waals surface area (Å²) in [7, 11) is -10.4. The molecule has 0 amide bonds. The van der Waals surface area contributed by atoms with Gasteiger partial charge in [-0.3, -0.25) is 4.89 Å². The summed E-state index contributed by atoms with van der Waals surface area (Å²) >= 11 is 0. The summed E-state index contributed by atoms with van der Waals surface area (Å²) in [6.45, 7) is 4.69. The quantitative estimate of drug-likeness (QED) is 0.109. The fourth-order valence-electron chi connectivity index (χ4n) is 8.95. The van der Waals surface area contributed by atoms with Crippen LogP contribution in [0.25, 0.3) is 21.9 Å². The Morgan fingerprint density at radius 1 is 0.528 bits per heavy atom. The highest BCUT2D eigenvalue weighted by molar-refractivity contribution is 7.48. The average molecular weight is 745 g/mol. The molecule has 1 heterocycles. The van der Waals surface area contributed by atoms with Crippen LogP contribution in [0.1, 0.15) is 24.0 Å². The van der Waals surface area contributed by atoms with E-state index in [0.717, 1.165) is 58.0 Å². The van der Waals surface area contributed by atoms with Crippen LogP contribution in [0.15, 0.2) is 158 Å². The van der Waals surface area contributed by atoms with Gasteiger partial charge < -0.3 is 9.05 Å². The molecular formula is C46H41O4PSi2. The van der Waals surface area contributed by atoms with Gasteiger partial charge in [0.1, 0.15) is 27.6 Å². The molecule has 0 bridgehead atoms. The molecule has 0 saturated carbocycles. The van der Waals surface area contributed by atoms with Gasteiger partial charge in [-0.2, -0.15) is 0 Å². The van der Waals surface area contributed by atoms with Gasteiger partial charge in [-0.05, 0) is 78.7 Å². The van der Waals surface area contributed by atoms with Crippen molar-refractivity contribution in [3.63, 3.8) is 0 Å². The summed E-state index contributed by atoms with van der Waals surface area (Å²) in [5.41, 5.74) is 4.27. The number of phosphoric ester groups is 1. The van der Waals surface area contributed by atoms with Gasteiger partial charge in [-0.1, -0.05) is 171 Å². The van der Waals surface area contributed by atoms with Crippen molar-refractivity contribution in [2.45, 2.75) is 38.8 Å². The van der Waals surface area contributed by atoms with Gasteiger partial charge in [-0.25, -0.2) is 4.57 Å². The first kappa shape index (κ1) is 33.8. The van der Waals surface area contributed by atoms with E-state index < -0.39 is 24.0 Å². The Labute approximate surface area is 313 Å². The molecular weight excluding hydrogens is 704 g/mol. The maximum absolute atomic E-state index is 14.7. The lowest BCUT2D eigenvalue weighted by Crippen LogP contribution is -2.65. The van der Waals surface area contributed by atoms with E-state index >= 15 is 0 Å². The van der Waals surface area contributed by atoms with E-state index in [9.17, 15) is 9.46 Å². The van der Waals surface area contributed by atoms with Crippen LogP contribution in [0.2, 0.25) is 13.1 Å². The van der Waals surface area contributed by atoms with E-state index in [1.165, 1.54) is 31.9 Å². The third kappa shape index (κ3) is 5.55. The second-order valence-corrected chi connectivity index (χ2v) is 23.9. The van der Waals surface area contributed by atoms with Gasteiger partial charge in [0.25, 0.3) is 0 Å². The number of fused-ring (bicyclic) bond motifs is 7. The number of phosphoric acid groups is 1. The van der Waals surface area contributed by atoms with Crippen molar-refractivity contribution in [2.24, 2.45) is 0 Å². The first-order valence-corrected chi connectivity index (χ1v) is 25.0. The third-order valence-corrected chi connectivity index (χ3v) is 21.4. The Morgan fingerprint density at radius 2 is 0.943 bits per heavy atom. The predicted octanol–water partition coefficient (Wildman–Crippen LogP) is 7.46. The molecule has 0 aromatic heterocycles. The van der Waals surface area contributed by atoms with E-state index in [2.05, 4.69) is 147 Å². The molecule has 0 spiro atoms. The summed E-state index contributed by atoms with van der Waals surface area (Å²) in [5, 5.41) is 8.80. The highest BCUT2D eigenvalue weighted by Gasteiger charge is 2.47. The summed E-state index contributed by atoms with van der Waals surface area (Å²) in [4.78, 5) is 12.0. The summed E-state index contributed by atoms with van der Waals surface area (Å²) in [6, 6.07) is 55.4. The molecule has 1 atom stereocenters. The molecule has 262 valence electrons. The van der Waals surface area contributed by atoms with Crippen molar-refractivity contribution >= 4 is 65.9 Å². The first-order valence-electron chi connectivity index (χ1n) is 18.5. The zero-order valence-electron chi connectivity index (χ0n) is 30.0. The standard InChI is InChI=1S/C46H41O4PSi2/c1-52(35-21-7-3-8-22-35,36-23-9-4-10-24-36)41-31-33-19-15-17-29-39(33)43-44-40-30-18-16-20-34(40)32-42(46(44)50-51(47,48)49-45(41)43)53(2,37-25-11-5-12-26-37)38-27-13-6-14-28-38/h3-15,17,19,21-29,31-32H,16,18,20,30H2,1-2H3,(H,47,48). The van der Waals surface area contributed by atoms with Gasteiger partial charge in [0.2, 0.25) is 0 Å². The smallest absolute Gasteiger partial charge is 0.395 e. The zero-order chi connectivity index (χ0) is 36.2. The number of hydrogen-bond acceptors (Lipinski definition) is 3. The first-order chi connectivity index (χ1) is 25.8. The summed E-state index contributed by atoms with van der Waals surface area (Å²) in [5.74, 6) is 0.949. The SMILES string of the molecule is C[Si](c1ccccc1)(c1ccccc1)c1cc2c(c3c1OP(=O)(O)Oc1c([Si](C)(c4ccccc4)c4ccccc4)cc4ccccc4c1-3)CCCC2. The van der Waals surface area contributed by atoms with E-state index in [1.54, 1.807) is 0 Å². The van der Waals surface area contributed by atoms with Crippen molar-refractivity contribution in [1.82, 2.24) is 0 Å². The second-order valence-electron chi connectivity index (χ2n) is 14.7.